The molecule has 4 atom stereocenters. The smallest absolute Gasteiger partial charge is 0.241 e. The molecular weight excluding hydrogens is 320 g/mol. The minimum absolute atomic E-state index is 0.146. The van der Waals surface area contributed by atoms with Crippen LogP contribution in [0.25, 0.3) is 0 Å². The Labute approximate surface area is 146 Å². The number of fused-ring (bicyclic) bond motifs is 5. The van der Waals surface area contributed by atoms with Gasteiger partial charge >= 0.3 is 0 Å². The maximum Gasteiger partial charge on any atom is 0.241 e. The van der Waals surface area contributed by atoms with Gasteiger partial charge in [0.25, 0.3) is 0 Å². The van der Waals surface area contributed by atoms with Gasteiger partial charge in [-0.25, -0.2) is 4.90 Å². The lowest BCUT2D eigenvalue weighted by Crippen LogP contribution is -2.38. The van der Waals surface area contributed by atoms with Crippen molar-refractivity contribution in [1.82, 2.24) is 0 Å². The van der Waals surface area contributed by atoms with Crippen LogP contribution in [-0.4, -0.2) is 49.8 Å². The molecule has 4 aliphatic rings. The highest BCUT2D eigenvalue weighted by molar-refractivity contribution is 6.23. The SMILES string of the molecule is C[C@@]12C=C[C@@H](O1)[C@H]1C(=O)N(c3ccc(N4CCOCC4)cc3)C(=O)[C@@H]12. The van der Waals surface area contributed by atoms with E-state index in [0.717, 1.165) is 32.0 Å². The summed E-state index contributed by atoms with van der Waals surface area (Å²) in [6.45, 7) is 5.05. The van der Waals surface area contributed by atoms with Crippen LogP contribution in [0.5, 0.6) is 0 Å². The third kappa shape index (κ3) is 2.04. The van der Waals surface area contributed by atoms with Crippen LogP contribution in [0.3, 0.4) is 0 Å². The lowest BCUT2D eigenvalue weighted by atomic mass is 9.78. The molecule has 6 nitrogen and oxygen atoms in total. The molecule has 0 N–H and O–H groups in total. The van der Waals surface area contributed by atoms with Crippen molar-refractivity contribution in [1.29, 1.82) is 0 Å². The van der Waals surface area contributed by atoms with Gasteiger partial charge in [0.05, 0.1) is 42.4 Å². The van der Waals surface area contributed by atoms with Crippen LogP contribution in [0.15, 0.2) is 36.4 Å². The van der Waals surface area contributed by atoms with E-state index in [1.165, 1.54) is 4.90 Å². The van der Waals surface area contributed by atoms with E-state index in [2.05, 4.69) is 4.90 Å². The first kappa shape index (κ1) is 15.1. The zero-order valence-electron chi connectivity index (χ0n) is 14.1. The van der Waals surface area contributed by atoms with Gasteiger partial charge in [-0.05, 0) is 31.2 Å². The molecule has 5 rings (SSSR count). The first-order valence-electron chi connectivity index (χ1n) is 8.76. The van der Waals surface area contributed by atoms with Crippen LogP contribution < -0.4 is 9.80 Å². The van der Waals surface area contributed by atoms with Crippen molar-refractivity contribution in [3.05, 3.63) is 36.4 Å². The Morgan fingerprint density at radius 1 is 1.04 bits per heavy atom. The van der Waals surface area contributed by atoms with E-state index in [4.69, 9.17) is 9.47 Å². The van der Waals surface area contributed by atoms with Crippen molar-refractivity contribution in [2.75, 3.05) is 36.1 Å². The summed E-state index contributed by atoms with van der Waals surface area (Å²) in [5.41, 5.74) is 1.08. The molecule has 0 aromatic heterocycles. The number of ether oxygens (including phenoxy) is 2. The summed E-state index contributed by atoms with van der Waals surface area (Å²) in [6, 6.07) is 7.67. The fourth-order valence-electron chi connectivity index (χ4n) is 4.54. The Morgan fingerprint density at radius 3 is 2.40 bits per heavy atom. The molecule has 2 amide bonds. The zero-order valence-corrected chi connectivity index (χ0v) is 14.1. The van der Waals surface area contributed by atoms with E-state index < -0.39 is 11.5 Å². The Hall–Kier alpha value is -2.18. The number of carbonyl (C=O) groups is 2. The number of hydrogen-bond acceptors (Lipinski definition) is 5. The Bertz CT molecular complexity index is 768. The monoisotopic (exact) mass is 340 g/mol. The summed E-state index contributed by atoms with van der Waals surface area (Å²) < 4.78 is 11.2. The maximum absolute atomic E-state index is 12.9. The molecule has 0 aliphatic carbocycles. The zero-order chi connectivity index (χ0) is 17.2. The van der Waals surface area contributed by atoms with Crippen LogP contribution in [0.2, 0.25) is 0 Å². The summed E-state index contributed by atoms with van der Waals surface area (Å²) in [5.74, 6) is -1.09. The van der Waals surface area contributed by atoms with Crippen LogP contribution in [-0.2, 0) is 19.1 Å². The molecule has 1 aromatic rings. The molecule has 3 saturated heterocycles. The standard InChI is InChI=1S/C19H20N2O4/c1-19-7-6-14(25-19)15-16(19)18(23)21(17(15)22)13-4-2-12(3-5-13)20-8-10-24-11-9-20/h2-7,14-16H,8-11H2,1H3/t14-,15-,16-,19+/m1/s1. The quantitative estimate of drug-likeness (QED) is 0.601. The van der Waals surface area contributed by atoms with E-state index in [9.17, 15) is 9.59 Å². The molecule has 6 heteroatoms. The summed E-state index contributed by atoms with van der Waals surface area (Å²) in [5, 5.41) is 0. The van der Waals surface area contributed by atoms with Crippen LogP contribution in [0.4, 0.5) is 11.4 Å². The minimum Gasteiger partial charge on any atom is -0.378 e. The van der Waals surface area contributed by atoms with E-state index in [1.807, 2.05) is 43.3 Å². The van der Waals surface area contributed by atoms with Gasteiger partial charge in [0.15, 0.2) is 0 Å². The molecule has 0 saturated carbocycles. The van der Waals surface area contributed by atoms with Crippen molar-refractivity contribution in [3.8, 4) is 0 Å². The van der Waals surface area contributed by atoms with Crippen LogP contribution in [0.1, 0.15) is 6.92 Å². The molecule has 2 bridgehead atoms. The summed E-state index contributed by atoms with van der Waals surface area (Å²) >= 11 is 0. The van der Waals surface area contributed by atoms with Crippen molar-refractivity contribution in [3.63, 3.8) is 0 Å². The molecule has 4 aliphatic heterocycles. The van der Waals surface area contributed by atoms with Gasteiger partial charge in [0, 0.05) is 18.8 Å². The van der Waals surface area contributed by atoms with E-state index in [-0.39, 0.29) is 23.8 Å². The first-order valence-corrected chi connectivity index (χ1v) is 8.76. The van der Waals surface area contributed by atoms with Crippen LogP contribution in [0, 0.1) is 11.8 Å². The first-order chi connectivity index (χ1) is 12.1. The minimum atomic E-state index is -0.648. The highest BCUT2D eigenvalue weighted by Gasteiger charge is 2.66. The second kappa shape index (κ2) is 5.16. The third-order valence-corrected chi connectivity index (χ3v) is 5.81. The summed E-state index contributed by atoms with van der Waals surface area (Å²) in [6.07, 6.45) is 3.57. The number of hydrogen-bond donors (Lipinski definition) is 0. The molecule has 0 radical (unpaired) electrons. The number of morpholine rings is 1. The molecule has 0 unspecified atom stereocenters. The van der Waals surface area contributed by atoms with Crippen molar-refractivity contribution < 1.29 is 19.1 Å². The second-order valence-corrected chi connectivity index (χ2v) is 7.26. The molecule has 25 heavy (non-hydrogen) atoms. The predicted molar refractivity (Wildman–Crippen MR) is 91.4 cm³/mol. The second-order valence-electron chi connectivity index (χ2n) is 7.26. The maximum atomic E-state index is 12.9. The Balaban J connectivity index is 1.42. The van der Waals surface area contributed by atoms with Gasteiger partial charge in [0.2, 0.25) is 11.8 Å². The number of benzene rings is 1. The average molecular weight is 340 g/mol. The lowest BCUT2D eigenvalue weighted by Gasteiger charge is -2.29. The Morgan fingerprint density at radius 2 is 1.72 bits per heavy atom. The lowest BCUT2D eigenvalue weighted by molar-refractivity contribution is -0.126. The number of rotatable bonds is 2. The molecule has 1 aromatic carbocycles. The number of imide groups is 1. The fourth-order valence-corrected chi connectivity index (χ4v) is 4.54. The number of nitrogens with zero attached hydrogens (tertiary/aromatic N) is 2. The highest BCUT2D eigenvalue weighted by Crippen LogP contribution is 2.52. The predicted octanol–water partition coefficient (Wildman–Crippen LogP) is 1.36. The number of carbonyl (C=O) groups excluding carboxylic acids is 2. The summed E-state index contributed by atoms with van der Waals surface area (Å²) in [7, 11) is 0. The topological polar surface area (TPSA) is 59.1 Å². The largest absolute Gasteiger partial charge is 0.378 e. The fraction of sp³-hybridized carbons (Fsp3) is 0.474. The molecule has 130 valence electrons. The Kier molecular flexibility index (Phi) is 3.12. The van der Waals surface area contributed by atoms with E-state index in [0.29, 0.717) is 5.69 Å². The van der Waals surface area contributed by atoms with Gasteiger partial charge in [-0.15, -0.1) is 0 Å². The highest BCUT2D eigenvalue weighted by atomic mass is 16.5. The van der Waals surface area contributed by atoms with Crippen molar-refractivity contribution in [2.24, 2.45) is 11.8 Å². The van der Waals surface area contributed by atoms with Crippen molar-refractivity contribution >= 4 is 23.2 Å². The molecule has 0 spiro atoms. The average Bonchev–Trinajstić information content (AvgIpc) is 3.25. The van der Waals surface area contributed by atoms with Crippen LogP contribution >= 0.6 is 0 Å². The molecule has 3 fully saturated rings. The number of anilines is 2. The van der Waals surface area contributed by atoms with E-state index in [1.54, 1.807) is 0 Å². The van der Waals surface area contributed by atoms with Crippen molar-refractivity contribution in [2.45, 2.75) is 18.6 Å². The summed E-state index contributed by atoms with van der Waals surface area (Å²) in [4.78, 5) is 29.4. The van der Waals surface area contributed by atoms with Gasteiger partial charge in [-0.1, -0.05) is 12.2 Å². The molecule has 4 heterocycles. The van der Waals surface area contributed by atoms with E-state index >= 15 is 0 Å². The van der Waals surface area contributed by atoms with Gasteiger partial charge in [-0.2, -0.15) is 0 Å². The molecular formula is C19H20N2O4. The van der Waals surface area contributed by atoms with Gasteiger partial charge < -0.3 is 14.4 Å². The third-order valence-electron chi connectivity index (χ3n) is 5.81. The number of amides is 2. The van der Waals surface area contributed by atoms with Gasteiger partial charge in [-0.3, -0.25) is 9.59 Å². The normalized spacial score (nSPS) is 36.4. The van der Waals surface area contributed by atoms with Gasteiger partial charge in [0.1, 0.15) is 0 Å².